The molecule has 5 rings (SSSR count). The summed E-state index contributed by atoms with van der Waals surface area (Å²) in [6, 6.07) is 0. The summed E-state index contributed by atoms with van der Waals surface area (Å²) in [6.07, 6.45) is 6.82. The Kier molecular flexibility index (Phi) is 5.61. The highest BCUT2D eigenvalue weighted by Gasteiger charge is 2.75. The number of fused-ring (bicyclic) bond motifs is 5. The van der Waals surface area contributed by atoms with Crippen LogP contribution in [0.5, 0.6) is 0 Å². The van der Waals surface area contributed by atoms with Crippen LogP contribution < -0.4 is 0 Å². The number of allylic oxidation sites excluding steroid dienone is 1. The predicted molar refractivity (Wildman–Crippen MR) is 135 cm³/mol. The number of hydrogen-bond acceptors (Lipinski definition) is 4. The first-order valence-corrected chi connectivity index (χ1v) is 14.2. The Morgan fingerprint density at radius 2 is 1.59 bits per heavy atom. The van der Waals surface area contributed by atoms with Gasteiger partial charge in [-0.1, -0.05) is 60.1 Å². The van der Waals surface area contributed by atoms with Crippen molar-refractivity contribution >= 4 is 0 Å². The van der Waals surface area contributed by atoms with Crippen molar-refractivity contribution in [2.75, 3.05) is 0 Å². The molecule has 4 fully saturated rings. The van der Waals surface area contributed by atoms with Gasteiger partial charge in [0.15, 0.2) is 0 Å². The molecule has 0 amide bonds. The van der Waals surface area contributed by atoms with Crippen molar-refractivity contribution < 1.29 is 20.4 Å². The van der Waals surface area contributed by atoms with Gasteiger partial charge < -0.3 is 20.4 Å². The van der Waals surface area contributed by atoms with Gasteiger partial charge in [-0.2, -0.15) is 0 Å². The van der Waals surface area contributed by atoms with Gasteiger partial charge in [-0.15, -0.1) is 0 Å². The molecule has 194 valence electrons. The third-order valence-corrected chi connectivity index (χ3v) is 13.2. The van der Waals surface area contributed by atoms with E-state index in [9.17, 15) is 20.4 Å². The molecular weight excluding hydrogens is 424 g/mol. The number of aliphatic hydroxyl groups is 4. The highest BCUT2D eigenvalue weighted by atomic mass is 16.4. The van der Waals surface area contributed by atoms with Crippen LogP contribution in [0.2, 0.25) is 0 Å². The van der Waals surface area contributed by atoms with E-state index in [2.05, 4.69) is 54.5 Å². The molecule has 0 aromatic carbocycles. The molecule has 0 aromatic rings. The molecule has 5 aliphatic carbocycles. The summed E-state index contributed by atoms with van der Waals surface area (Å²) >= 11 is 0. The minimum Gasteiger partial charge on any atom is -0.393 e. The van der Waals surface area contributed by atoms with E-state index in [0.29, 0.717) is 73.5 Å². The lowest BCUT2D eigenvalue weighted by atomic mass is 9.42. The summed E-state index contributed by atoms with van der Waals surface area (Å²) in [4.78, 5) is 0. The molecule has 0 saturated heterocycles. The van der Waals surface area contributed by atoms with Crippen LogP contribution in [-0.2, 0) is 0 Å². The van der Waals surface area contributed by atoms with E-state index in [-0.39, 0.29) is 12.0 Å². The Bertz CT molecular complexity index is 868. The lowest BCUT2D eigenvalue weighted by Gasteiger charge is -2.67. The van der Waals surface area contributed by atoms with Crippen LogP contribution in [0.3, 0.4) is 0 Å². The Morgan fingerprint density at radius 3 is 2.24 bits per heavy atom. The van der Waals surface area contributed by atoms with Gasteiger partial charge in [0.2, 0.25) is 0 Å². The molecule has 6 unspecified atom stereocenters. The minimum absolute atomic E-state index is 0.356. The first-order valence-electron chi connectivity index (χ1n) is 14.2. The van der Waals surface area contributed by atoms with Gasteiger partial charge in [0.25, 0.3) is 0 Å². The molecule has 4 nitrogen and oxygen atoms in total. The summed E-state index contributed by atoms with van der Waals surface area (Å²) in [5.41, 5.74) is -1.85. The minimum atomic E-state index is -1.34. The van der Waals surface area contributed by atoms with Gasteiger partial charge in [0, 0.05) is 16.7 Å². The number of hydrogen-bond donors (Lipinski definition) is 4. The summed E-state index contributed by atoms with van der Waals surface area (Å²) < 4.78 is 0. The standard InChI is InChI=1S/C30H50O4/c1-17(2)19(4)26(5)15-23(26)18(3)22-11-13-29(33)24-9-8-20-14-21(31)10-12-27(20,6)30(24,34)25(32)16-28(22,29)7/h8,17-19,21-25,31-34H,9-16H2,1-7H3/t18?,19?,21-,22+,23+,24?,25?,26+,27-,28+,29?,30?/m0/s1. The molecule has 0 radical (unpaired) electrons. The lowest BCUT2D eigenvalue weighted by molar-refractivity contribution is -0.294. The van der Waals surface area contributed by atoms with E-state index in [1.807, 2.05) is 0 Å². The van der Waals surface area contributed by atoms with E-state index in [1.165, 1.54) is 6.42 Å². The van der Waals surface area contributed by atoms with E-state index in [4.69, 9.17) is 0 Å². The fourth-order valence-electron chi connectivity index (χ4n) is 10.3. The summed E-state index contributed by atoms with van der Waals surface area (Å²) in [6.45, 7) is 16.2. The van der Waals surface area contributed by atoms with E-state index in [0.717, 1.165) is 12.0 Å². The first kappa shape index (κ1) is 25.2. The zero-order chi connectivity index (χ0) is 25.1. The van der Waals surface area contributed by atoms with Gasteiger partial charge in [-0.3, -0.25) is 0 Å². The second kappa shape index (κ2) is 7.55. The Balaban J connectivity index is 1.48. The first-order chi connectivity index (χ1) is 15.7. The fourth-order valence-corrected chi connectivity index (χ4v) is 10.3. The Morgan fingerprint density at radius 1 is 0.912 bits per heavy atom. The molecule has 0 bridgehead atoms. The monoisotopic (exact) mass is 474 g/mol. The van der Waals surface area contributed by atoms with Crippen molar-refractivity contribution in [3.8, 4) is 0 Å². The number of rotatable bonds is 4. The average Bonchev–Trinajstić information content (AvgIpc) is 3.38. The molecular formula is C30H50O4. The highest BCUT2D eigenvalue weighted by molar-refractivity contribution is 5.35. The molecule has 4 heteroatoms. The molecule has 4 saturated carbocycles. The van der Waals surface area contributed by atoms with E-state index in [1.54, 1.807) is 0 Å². The van der Waals surface area contributed by atoms with Crippen LogP contribution in [0.25, 0.3) is 0 Å². The second-order valence-corrected chi connectivity index (χ2v) is 14.5. The normalized spacial score (nSPS) is 56.2. The molecule has 12 atom stereocenters. The van der Waals surface area contributed by atoms with Crippen LogP contribution in [0.15, 0.2) is 11.6 Å². The van der Waals surface area contributed by atoms with Gasteiger partial charge in [0.05, 0.1) is 17.8 Å². The van der Waals surface area contributed by atoms with Gasteiger partial charge in [-0.25, -0.2) is 0 Å². The number of aliphatic hydroxyl groups excluding tert-OH is 2. The van der Waals surface area contributed by atoms with Crippen molar-refractivity contribution in [1.29, 1.82) is 0 Å². The molecule has 0 aromatic heterocycles. The smallest absolute Gasteiger partial charge is 0.105 e. The summed E-state index contributed by atoms with van der Waals surface area (Å²) in [5, 5.41) is 46.9. The van der Waals surface area contributed by atoms with E-state index < -0.39 is 28.1 Å². The summed E-state index contributed by atoms with van der Waals surface area (Å²) in [5.74, 6) is 2.51. The lowest BCUT2D eigenvalue weighted by Crippen LogP contribution is -2.75. The molecule has 0 aliphatic heterocycles. The van der Waals surface area contributed by atoms with Crippen molar-refractivity contribution in [1.82, 2.24) is 0 Å². The maximum Gasteiger partial charge on any atom is 0.105 e. The van der Waals surface area contributed by atoms with E-state index >= 15 is 0 Å². The maximum atomic E-state index is 12.5. The van der Waals surface area contributed by atoms with Gasteiger partial charge >= 0.3 is 0 Å². The maximum absolute atomic E-state index is 12.5. The van der Waals surface area contributed by atoms with Gasteiger partial charge in [0.1, 0.15) is 5.60 Å². The fraction of sp³-hybridized carbons (Fsp3) is 0.933. The van der Waals surface area contributed by atoms with Crippen LogP contribution in [-0.4, -0.2) is 43.8 Å². The third kappa shape index (κ3) is 2.92. The molecule has 0 heterocycles. The van der Waals surface area contributed by atoms with Crippen LogP contribution in [0.4, 0.5) is 0 Å². The topological polar surface area (TPSA) is 80.9 Å². The van der Waals surface area contributed by atoms with Crippen LogP contribution in [0, 0.1) is 51.8 Å². The second-order valence-electron chi connectivity index (χ2n) is 14.5. The van der Waals surface area contributed by atoms with Crippen molar-refractivity contribution in [3.63, 3.8) is 0 Å². The molecule has 34 heavy (non-hydrogen) atoms. The average molecular weight is 475 g/mol. The molecule has 0 spiro atoms. The Hall–Kier alpha value is -0.420. The molecule has 5 aliphatic rings. The van der Waals surface area contributed by atoms with Gasteiger partial charge in [-0.05, 0) is 86.4 Å². The van der Waals surface area contributed by atoms with Crippen LogP contribution in [0.1, 0.15) is 99.8 Å². The van der Waals surface area contributed by atoms with Crippen LogP contribution >= 0.6 is 0 Å². The zero-order valence-corrected chi connectivity index (χ0v) is 22.6. The molecule has 4 N–H and O–H groups in total. The SMILES string of the molecule is CC(C)C(C)[C@@]1(C)C[C@@H]1C(C)[C@H]1CCC2(O)C3CC=C4C[C@@H](O)CC[C@]4(C)C3(O)C(O)C[C@]12C. The predicted octanol–water partition coefficient (Wildman–Crippen LogP) is 5.08. The zero-order valence-electron chi connectivity index (χ0n) is 22.6. The van der Waals surface area contributed by atoms with Crippen molar-refractivity contribution in [3.05, 3.63) is 11.6 Å². The Labute approximate surface area is 207 Å². The quantitative estimate of drug-likeness (QED) is 0.428. The highest BCUT2D eigenvalue weighted by Crippen LogP contribution is 2.73. The summed E-state index contributed by atoms with van der Waals surface area (Å²) in [7, 11) is 0. The third-order valence-electron chi connectivity index (χ3n) is 13.2. The van der Waals surface area contributed by atoms with Crippen molar-refractivity contribution in [2.24, 2.45) is 51.8 Å². The largest absolute Gasteiger partial charge is 0.393 e. The van der Waals surface area contributed by atoms with Crippen molar-refractivity contribution in [2.45, 2.75) is 123 Å².